The summed E-state index contributed by atoms with van der Waals surface area (Å²) < 4.78 is 5.57. The Morgan fingerprint density at radius 2 is 1.73 bits per heavy atom. The predicted octanol–water partition coefficient (Wildman–Crippen LogP) is 3.60. The number of carbonyl (C=O) groups excluding carboxylic acids is 1. The molecule has 0 saturated carbocycles. The molecule has 0 aliphatic carbocycles. The first kappa shape index (κ1) is 22.3. The van der Waals surface area contributed by atoms with Crippen molar-refractivity contribution in [2.24, 2.45) is 0 Å². The van der Waals surface area contributed by atoms with Gasteiger partial charge in [0.2, 0.25) is 5.91 Å². The van der Waals surface area contributed by atoms with Crippen molar-refractivity contribution in [3.8, 4) is 34.0 Å². The monoisotopic (exact) mass is 442 g/mol. The number of likely N-dealkylation sites (N-methyl/N-ethyl adjacent to an activating group) is 1. The maximum atomic E-state index is 12.3. The number of benzene rings is 1. The molecule has 0 saturated heterocycles. The number of hydrogen-bond donors (Lipinski definition) is 2. The largest absolute Gasteiger partial charge is 0.358 e. The quantitative estimate of drug-likeness (QED) is 0.450. The van der Waals surface area contributed by atoms with Crippen molar-refractivity contribution in [3.63, 3.8) is 0 Å². The van der Waals surface area contributed by atoms with E-state index in [1.54, 1.807) is 25.6 Å². The molecule has 0 fully saturated rings. The van der Waals surface area contributed by atoms with Gasteiger partial charge < -0.3 is 15.2 Å². The van der Waals surface area contributed by atoms with E-state index in [2.05, 4.69) is 37.9 Å². The molecular formula is C25H26N6O2. The molecule has 3 heterocycles. The highest BCUT2D eigenvalue weighted by Crippen LogP contribution is 2.28. The SMILES string of the molecule is CNCc1ccc(-c2cc(-c3cncc(-c4ccnc(C(C)(C)C(=O)NC)c4)n3)on2)cc1. The van der Waals surface area contributed by atoms with Gasteiger partial charge in [-0.05, 0) is 38.6 Å². The van der Waals surface area contributed by atoms with Gasteiger partial charge in [-0.25, -0.2) is 4.98 Å². The van der Waals surface area contributed by atoms with Crippen LogP contribution in [0.25, 0.3) is 34.0 Å². The van der Waals surface area contributed by atoms with Gasteiger partial charge in [0.1, 0.15) is 11.4 Å². The summed E-state index contributed by atoms with van der Waals surface area (Å²) in [6.07, 6.45) is 4.99. The molecule has 4 rings (SSSR count). The minimum atomic E-state index is -0.779. The van der Waals surface area contributed by atoms with Crippen LogP contribution < -0.4 is 10.6 Å². The Labute approximate surface area is 192 Å². The Balaban J connectivity index is 1.62. The van der Waals surface area contributed by atoms with Crippen LogP contribution in [0.4, 0.5) is 0 Å². The van der Waals surface area contributed by atoms with Crippen molar-refractivity contribution < 1.29 is 9.32 Å². The molecule has 8 nitrogen and oxygen atoms in total. The van der Waals surface area contributed by atoms with Crippen LogP contribution in [0.15, 0.2) is 65.6 Å². The average Bonchev–Trinajstić information content (AvgIpc) is 3.35. The number of aromatic nitrogens is 4. The second kappa shape index (κ2) is 9.30. The lowest BCUT2D eigenvalue weighted by Gasteiger charge is -2.22. The third kappa shape index (κ3) is 4.65. The zero-order valence-corrected chi connectivity index (χ0v) is 19.1. The Bertz CT molecular complexity index is 1260. The summed E-state index contributed by atoms with van der Waals surface area (Å²) in [5.74, 6) is 0.416. The molecule has 1 amide bonds. The zero-order valence-electron chi connectivity index (χ0n) is 19.1. The number of amides is 1. The van der Waals surface area contributed by atoms with E-state index in [0.29, 0.717) is 22.8 Å². The Morgan fingerprint density at radius 1 is 0.970 bits per heavy atom. The highest BCUT2D eigenvalue weighted by Gasteiger charge is 2.30. The molecule has 0 aliphatic rings. The smallest absolute Gasteiger partial charge is 0.231 e. The van der Waals surface area contributed by atoms with Gasteiger partial charge in [-0.2, -0.15) is 0 Å². The lowest BCUT2D eigenvalue weighted by molar-refractivity contribution is -0.125. The van der Waals surface area contributed by atoms with Crippen molar-refractivity contribution in [3.05, 3.63) is 72.3 Å². The highest BCUT2D eigenvalue weighted by atomic mass is 16.5. The molecule has 0 radical (unpaired) electrons. The molecule has 3 aromatic heterocycles. The molecule has 0 spiro atoms. The molecule has 0 atom stereocenters. The van der Waals surface area contributed by atoms with E-state index in [1.807, 2.05) is 51.2 Å². The van der Waals surface area contributed by atoms with E-state index < -0.39 is 5.41 Å². The van der Waals surface area contributed by atoms with Crippen LogP contribution >= 0.6 is 0 Å². The van der Waals surface area contributed by atoms with Gasteiger partial charge >= 0.3 is 0 Å². The van der Waals surface area contributed by atoms with Gasteiger partial charge in [-0.1, -0.05) is 29.4 Å². The topological polar surface area (TPSA) is 106 Å². The average molecular weight is 443 g/mol. The molecule has 0 unspecified atom stereocenters. The lowest BCUT2D eigenvalue weighted by atomic mass is 9.87. The first-order chi connectivity index (χ1) is 15.9. The van der Waals surface area contributed by atoms with Gasteiger partial charge in [0.05, 0.1) is 29.2 Å². The molecule has 0 aliphatic heterocycles. The van der Waals surface area contributed by atoms with Gasteiger partial charge in [0.25, 0.3) is 0 Å². The predicted molar refractivity (Wildman–Crippen MR) is 126 cm³/mol. The van der Waals surface area contributed by atoms with E-state index in [1.165, 1.54) is 5.56 Å². The summed E-state index contributed by atoms with van der Waals surface area (Å²) in [6.45, 7) is 4.48. The van der Waals surface area contributed by atoms with E-state index in [4.69, 9.17) is 9.51 Å². The number of nitrogens with one attached hydrogen (secondary N) is 2. The van der Waals surface area contributed by atoms with Crippen molar-refractivity contribution >= 4 is 5.91 Å². The fourth-order valence-electron chi connectivity index (χ4n) is 3.51. The lowest BCUT2D eigenvalue weighted by Crippen LogP contribution is -2.38. The fraction of sp³-hybridized carbons (Fsp3) is 0.240. The van der Waals surface area contributed by atoms with Crippen molar-refractivity contribution in [1.29, 1.82) is 0 Å². The van der Waals surface area contributed by atoms with E-state index in [-0.39, 0.29) is 5.91 Å². The highest BCUT2D eigenvalue weighted by molar-refractivity contribution is 5.86. The summed E-state index contributed by atoms with van der Waals surface area (Å²) in [6, 6.07) is 13.7. The molecule has 2 N–H and O–H groups in total. The Hall–Kier alpha value is -3.91. The molecule has 4 aromatic rings. The number of carbonyl (C=O) groups is 1. The third-order valence-corrected chi connectivity index (χ3v) is 5.52. The van der Waals surface area contributed by atoms with Crippen LogP contribution in [0.5, 0.6) is 0 Å². The van der Waals surface area contributed by atoms with Crippen LogP contribution in [0, 0.1) is 0 Å². The third-order valence-electron chi connectivity index (χ3n) is 5.52. The van der Waals surface area contributed by atoms with Crippen LogP contribution in [0.3, 0.4) is 0 Å². The first-order valence-electron chi connectivity index (χ1n) is 10.6. The van der Waals surface area contributed by atoms with E-state index in [0.717, 1.165) is 23.4 Å². The Kier molecular flexibility index (Phi) is 6.28. The fourth-order valence-corrected chi connectivity index (χ4v) is 3.51. The van der Waals surface area contributed by atoms with Crippen molar-refractivity contribution in [2.45, 2.75) is 25.8 Å². The van der Waals surface area contributed by atoms with E-state index in [9.17, 15) is 4.79 Å². The van der Waals surface area contributed by atoms with Gasteiger partial charge in [0.15, 0.2) is 5.76 Å². The molecule has 168 valence electrons. The second-order valence-corrected chi connectivity index (χ2v) is 8.23. The normalized spacial score (nSPS) is 11.4. The maximum absolute atomic E-state index is 12.3. The number of rotatable bonds is 7. The van der Waals surface area contributed by atoms with Crippen LogP contribution in [0.2, 0.25) is 0 Å². The van der Waals surface area contributed by atoms with Gasteiger partial charge in [-0.15, -0.1) is 0 Å². The first-order valence-corrected chi connectivity index (χ1v) is 10.6. The second-order valence-electron chi connectivity index (χ2n) is 8.23. The zero-order chi connectivity index (χ0) is 23.4. The number of nitrogens with zero attached hydrogens (tertiary/aromatic N) is 4. The van der Waals surface area contributed by atoms with Crippen molar-refractivity contribution in [1.82, 2.24) is 30.7 Å². The summed E-state index contributed by atoms with van der Waals surface area (Å²) in [5, 5.41) is 10.0. The van der Waals surface area contributed by atoms with Crippen molar-refractivity contribution in [2.75, 3.05) is 14.1 Å². The molecule has 1 aromatic carbocycles. The van der Waals surface area contributed by atoms with Crippen LogP contribution in [-0.4, -0.2) is 40.1 Å². The summed E-state index contributed by atoms with van der Waals surface area (Å²) in [5.41, 5.74) is 4.79. The number of pyridine rings is 1. The minimum absolute atomic E-state index is 0.111. The Morgan fingerprint density at radius 3 is 2.45 bits per heavy atom. The molecular weight excluding hydrogens is 416 g/mol. The maximum Gasteiger partial charge on any atom is 0.231 e. The summed E-state index contributed by atoms with van der Waals surface area (Å²) in [7, 11) is 3.54. The molecule has 33 heavy (non-hydrogen) atoms. The standard InChI is InChI=1S/C25H26N6O2/c1-25(2,24(32)27-4)23-11-18(9-10-29-23)20-14-28-15-21(30-20)22-12-19(31-33-22)17-7-5-16(6-8-17)13-26-3/h5-12,14-15,26H,13H2,1-4H3,(H,27,32). The molecule has 0 bridgehead atoms. The van der Waals surface area contributed by atoms with Gasteiger partial charge in [-0.3, -0.25) is 14.8 Å². The number of hydrogen-bond acceptors (Lipinski definition) is 7. The van der Waals surface area contributed by atoms with Gasteiger partial charge in [0, 0.05) is 37.0 Å². The van der Waals surface area contributed by atoms with Crippen LogP contribution in [-0.2, 0) is 16.8 Å². The minimum Gasteiger partial charge on any atom is -0.358 e. The molecule has 8 heteroatoms. The van der Waals surface area contributed by atoms with E-state index >= 15 is 0 Å². The summed E-state index contributed by atoms with van der Waals surface area (Å²) in [4.78, 5) is 25.7. The summed E-state index contributed by atoms with van der Waals surface area (Å²) >= 11 is 0. The van der Waals surface area contributed by atoms with Crippen LogP contribution in [0.1, 0.15) is 25.1 Å².